The molecule has 0 saturated carbocycles. The van der Waals surface area contributed by atoms with Crippen LogP contribution in [0.2, 0.25) is 0 Å². The topological polar surface area (TPSA) is 38.9 Å². The Bertz CT molecular complexity index is 523. The van der Waals surface area contributed by atoms with Gasteiger partial charge in [-0.15, -0.1) is 0 Å². The van der Waals surface area contributed by atoms with E-state index in [2.05, 4.69) is 36.8 Å². The number of rotatable bonds is 2. The second-order valence-electron chi connectivity index (χ2n) is 3.88. The molecule has 2 N–H and O–H groups in total. The zero-order chi connectivity index (χ0) is 12.4. The molecule has 2 rings (SSSR count). The predicted octanol–water partition coefficient (Wildman–Crippen LogP) is 3.96. The molecule has 17 heavy (non-hydrogen) atoms. The van der Waals surface area contributed by atoms with Crippen molar-refractivity contribution in [3.63, 3.8) is 0 Å². The summed E-state index contributed by atoms with van der Waals surface area (Å²) in [5.41, 5.74) is 9.29. The van der Waals surface area contributed by atoms with E-state index in [4.69, 9.17) is 5.73 Å². The first-order valence-corrected chi connectivity index (χ1v) is 6.79. The van der Waals surface area contributed by atoms with Gasteiger partial charge in [0, 0.05) is 20.8 Å². The first-order valence-electron chi connectivity index (χ1n) is 5.21. The third kappa shape index (κ3) is 2.94. The molecule has 0 aliphatic heterocycles. The molecular formula is C13H12Br2N2. The van der Waals surface area contributed by atoms with Crippen LogP contribution in [0.3, 0.4) is 0 Å². The first-order chi connectivity index (χ1) is 8.08. The van der Waals surface area contributed by atoms with Crippen LogP contribution in [-0.2, 0) is 0 Å². The van der Waals surface area contributed by atoms with E-state index in [1.807, 2.05) is 43.5 Å². The van der Waals surface area contributed by atoms with Gasteiger partial charge in [-0.05, 0) is 42.3 Å². The molecule has 4 heteroatoms. The van der Waals surface area contributed by atoms with Gasteiger partial charge in [0.15, 0.2) is 0 Å². The van der Waals surface area contributed by atoms with E-state index in [9.17, 15) is 0 Å². The van der Waals surface area contributed by atoms with E-state index in [1.54, 1.807) is 0 Å². The lowest BCUT2D eigenvalue weighted by Crippen LogP contribution is -2.12. The summed E-state index contributed by atoms with van der Waals surface area (Å²) in [5, 5.41) is 0. The Kier molecular flexibility index (Phi) is 3.97. The normalized spacial score (nSPS) is 12.5. The average molecular weight is 356 g/mol. The average Bonchev–Trinajstić information content (AvgIpc) is 2.32. The van der Waals surface area contributed by atoms with Crippen LogP contribution >= 0.6 is 31.9 Å². The van der Waals surface area contributed by atoms with Gasteiger partial charge in [-0.3, -0.25) is 4.98 Å². The van der Waals surface area contributed by atoms with Gasteiger partial charge in [0.05, 0.1) is 6.04 Å². The molecular weight excluding hydrogens is 344 g/mol. The number of pyridine rings is 1. The molecule has 1 heterocycles. The van der Waals surface area contributed by atoms with Crippen LogP contribution in [-0.4, -0.2) is 4.98 Å². The molecule has 0 fully saturated rings. The number of halogens is 2. The van der Waals surface area contributed by atoms with Gasteiger partial charge in [-0.2, -0.15) is 0 Å². The second-order valence-corrected chi connectivity index (χ2v) is 5.65. The van der Waals surface area contributed by atoms with Gasteiger partial charge >= 0.3 is 0 Å². The minimum absolute atomic E-state index is 0.171. The fraction of sp³-hybridized carbons (Fsp3) is 0.154. The zero-order valence-electron chi connectivity index (χ0n) is 9.32. The number of hydrogen-bond acceptors (Lipinski definition) is 2. The van der Waals surface area contributed by atoms with Crippen molar-refractivity contribution >= 4 is 31.9 Å². The van der Waals surface area contributed by atoms with Crippen molar-refractivity contribution in [2.45, 2.75) is 13.0 Å². The lowest BCUT2D eigenvalue weighted by atomic mass is 10.0. The van der Waals surface area contributed by atoms with Crippen molar-refractivity contribution in [3.05, 3.63) is 62.3 Å². The summed E-state index contributed by atoms with van der Waals surface area (Å²) < 4.78 is 2.03. The van der Waals surface area contributed by atoms with E-state index in [-0.39, 0.29) is 6.04 Å². The molecule has 0 amide bonds. The summed E-state index contributed by atoms with van der Waals surface area (Å²) in [4.78, 5) is 4.27. The molecule has 0 aliphatic rings. The maximum atomic E-state index is 6.25. The fourth-order valence-electron chi connectivity index (χ4n) is 1.60. The molecule has 0 saturated heterocycles. The first kappa shape index (κ1) is 12.7. The zero-order valence-corrected chi connectivity index (χ0v) is 12.5. The SMILES string of the molecule is Cc1ccc(C(N)c2cc(Br)ccc2Br)cn1. The summed E-state index contributed by atoms with van der Waals surface area (Å²) in [5.74, 6) is 0. The maximum Gasteiger partial charge on any atom is 0.0578 e. The summed E-state index contributed by atoms with van der Waals surface area (Å²) in [7, 11) is 0. The minimum atomic E-state index is -0.171. The van der Waals surface area contributed by atoms with Crippen LogP contribution in [0, 0.1) is 6.92 Å². The van der Waals surface area contributed by atoms with E-state index < -0.39 is 0 Å². The van der Waals surface area contributed by atoms with E-state index in [1.165, 1.54) is 0 Å². The Morgan fingerprint density at radius 3 is 2.59 bits per heavy atom. The summed E-state index contributed by atoms with van der Waals surface area (Å²) in [6, 6.07) is 9.81. The summed E-state index contributed by atoms with van der Waals surface area (Å²) >= 11 is 6.98. The van der Waals surface area contributed by atoms with Crippen molar-refractivity contribution in [2.75, 3.05) is 0 Å². The largest absolute Gasteiger partial charge is 0.320 e. The number of aryl methyl sites for hydroxylation is 1. The molecule has 1 aromatic carbocycles. The van der Waals surface area contributed by atoms with Crippen LogP contribution in [0.4, 0.5) is 0 Å². The molecule has 1 atom stereocenters. The van der Waals surface area contributed by atoms with Crippen LogP contribution in [0.5, 0.6) is 0 Å². The monoisotopic (exact) mass is 354 g/mol. The minimum Gasteiger partial charge on any atom is -0.320 e. The van der Waals surface area contributed by atoms with E-state index in [0.29, 0.717) is 0 Å². The van der Waals surface area contributed by atoms with E-state index in [0.717, 1.165) is 25.8 Å². The predicted molar refractivity (Wildman–Crippen MR) is 76.8 cm³/mol. The van der Waals surface area contributed by atoms with Gasteiger partial charge in [-0.1, -0.05) is 37.9 Å². The Morgan fingerprint density at radius 1 is 1.18 bits per heavy atom. The van der Waals surface area contributed by atoms with Crippen LogP contribution in [0.25, 0.3) is 0 Å². The maximum absolute atomic E-state index is 6.25. The molecule has 0 aliphatic carbocycles. The molecule has 1 aromatic heterocycles. The Balaban J connectivity index is 2.39. The van der Waals surface area contributed by atoms with Gasteiger partial charge < -0.3 is 5.73 Å². The van der Waals surface area contributed by atoms with Crippen LogP contribution in [0.15, 0.2) is 45.5 Å². The molecule has 2 aromatic rings. The van der Waals surface area contributed by atoms with Gasteiger partial charge in [0.25, 0.3) is 0 Å². The van der Waals surface area contributed by atoms with Crippen molar-refractivity contribution in [3.8, 4) is 0 Å². The molecule has 0 bridgehead atoms. The molecule has 88 valence electrons. The Labute approximate surface area is 118 Å². The lowest BCUT2D eigenvalue weighted by molar-refractivity contribution is 0.854. The van der Waals surface area contributed by atoms with Gasteiger partial charge in [0.1, 0.15) is 0 Å². The number of hydrogen-bond donors (Lipinski definition) is 1. The van der Waals surface area contributed by atoms with Crippen molar-refractivity contribution in [1.29, 1.82) is 0 Å². The number of benzene rings is 1. The van der Waals surface area contributed by atoms with Crippen molar-refractivity contribution in [1.82, 2.24) is 4.98 Å². The lowest BCUT2D eigenvalue weighted by Gasteiger charge is -2.14. The van der Waals surface area contributed by atoms with Crippen molar-refractivity contribution < 1.29 is 0 Å². The third-order valence-corrected chi connectivity index (χ3v) is 3.80. The highest BCUT2D eigenvalue weighted by Crippen LogP contribution is 2.29. The van der Waals surface area contributed by atoms with Crippen LogP contribution in [0.1, 0.15) is 22.9 Å². The third-order valence-electron chi connectivity index (χ3n) is 2.59. The number of aromatic nitrogens is 1. The Morgan fingerprint density at radius 2 is 1.94 bits per heavy atom. The van der Waals surface area contributed by atoms with Gasteiger partial charge in [0.2, 0.25) is 0 Å². The number of nitrogens with zero attached hydrogens (tertiary/aromatic N) is 1. The highest BCUT2D eigenvalue weighted by atomic mass is 79.9. The molecule has 2 nitrogen and oxygen atoms in total. The number of nitrogens with two attached hydrogens (primary N) is 1. The Hall–Kier alpha value is -0.710. The standard InChI is InChI=1S/C13H12Br2N2/c1-8-2-3-9(7-17-8)13(16)11-6-10(14)4-5-12(11)15/h2-7,13H,16H2,1H3. The highest BCUT2D eigenvalue weighted by Gasteiger charge is 2.12. The molecule has 0 spiro atoms. The molecule has 0 radical (unpaired) electrons. The molecule has 1 unspecified atom stereocenters. The smallest absolute Gasteiger partial charge is 0.0578 e. The van der Waals surface area contributed by atoms with Crippen molar-refractivity contribution in [2.24, 2.45) is 5.73 Å². The fourth-order valence-corrected chi connectivity index (χ4v) is 2.47. The second kappa shape index (κ2) is 5.29. The van der Waals surface area contributed by atoms with E-state index >= 15 is 0 Å². The summed E-state index contributed by atoms with van der Waals surface area (Å²) in [6.07, 6.45) is 1.83. The summed E-state index contributed by atoms with van der Waals surface area (Å²) in [6.45, 7) is 1.96. The quantitative estimate of drug-likeness (QED) is 0.885. The highest BCUT2D eigenvalue weighted by molar-refractivity contribution is 9.11. The van der Waals surface area contributed by atoms with Gasteiger partial charge in [-0.25, -0.2) is 0 Å². The van der Waals surface area contributed by atoms with Crippen LogP contribution < -0.4 is 5.73 Å².